The van der Waals surface area contributed by atoms with Crippen molar-refractivity contribution in [2.75, 3.05) is 11.5 Å². The summed E-state index contributed by atoms with van der Waals surface area (Å²) in [6, 6.07) is 21.1. The lowest BCUT2D eigenvalue weighted by atomic mass is 10.1. The van der Waals surface area contributed by atoms with Crippen LogP contribution in [0.2, 0.25) is 0 Å². The van der Waals surface area contributed by atoms with Crippen molar-refractivity contribution in [2.24, 2.45) is 0 Å². The Morgan fingerprint density at radius 3 is 2.03 bits per heavy atom. The van der Waals surface area contributed by atoms with E-state index in [2.05, 4.69) is 0 Å². The number of benzene rings is 3. The SMILES string of the molecule is O=C(COC(=O)c1ccccc1N1C(=O)c2ccccc2C1=O)c1ccc(OC(=O)c2ccco2)cc1. The first-order chi connectivity index (χ1) is 17.9. The molecule has 1 aliphatic heterocycles. The zero-order valence-electron chi connectivity index (χ0n) is 19.1. The minimum absolute atomic E-state index is 0.0357. The molecule has 2 heterocycles. The highest BCUT2D eigenvalue weighted by Crippen LogP contribution is 2.31. The molecule has 0 unspecified atom stereocenters. The first-order valence-electron chi connectivity index (χ1n) is 11.1. The number of carbonyl (C=O) groups excluding carboxylic acids is 5. The smallest absolute Gasteiger partial charge is 0.379 e. The number of anilines is 1. The van der Waals surface area contributed by atoms with Gasteiger partial charge in [0.15, 0.2) is 12.4 Å². The van der Waals surface area contributed by atoms with Crippen molar-refractivity contribution in [1.29, 1.82) is 0 Å². The van der Waals surface area contributed by atoms with Gasteiger partial charge in [0.05, 0.1) is 28.6 Å². The molecule has 0 aliphatic carbocycles. The predicted molar refractivity (Wildman–Crippen MR) is 129 cm³/mol. The van der Waals surface area contributed by atoms with Gasteiger partial charge in [-0.25, -0.2) is 14.5 Å². The van der Waals surface area contributed by atoms with Crippen LogP contribution >= 0.6 is 0 Å². The van der Waals surface area contributed by atoms with Crippen LogP contribution in [0.1, 0.15) is 52.0 Å². The van der Waals surface area contributed by atoms with E-state index in [9.17, 15) is 24.0 Å². The summed E-state index contributed by atoms with van der Waals surface area (Å²) in [5.41, 5.74) is 0.728. The summed E-state index contributed by atoms with van der Waals surface area (Å²) in [6.45, 7) is -0.583. The Morgan fingerprint density at radius 1 is 0.730 bits per heavy atom. The normalized spacial score (nSPS) is 12.3. The number of ether oxygens (including phenoxy) is 2. The third-order valence-corrected chi connectivity index (χ3v) is 5.60. The lowest BCUT2D eigenvalue weighted by Crippen LogP contribution is -2.31. The molecular weight excluding hydrogens is 478 g/mol. The number of amides is 2. The van der Waals surface area contributed by atoms with Crippen LogP contribution in [0.25, 0.3) is 0 Å². The molecule has 182 valence electrons. The van der Waals surface area contributed by atoms with E-state index in [0.717, 1.165) is 4.90 Å². The van der Waals surface area contributed by atoms with E-state index in [0.29, 0.717) is 0 Å². The molecule has 0 fully saturated rings. The topological polar surface area (TPSA) is 120 Å². The molecule has 37 heavy (non-hydrogen) atoms. The number of furan rings is 1. The Labute approximate surface area is 209 Å². The molecular formula is C28H17NO8. The minimum atomic E-state index is -0.871. The molecule has 9 nitrogen and oxygen atoms in total. The summed E-state index contributed by atoms with van der Waals surface area (Å²) >= 11 is 0. The monoisotopic (exact) mass is 495 g/mol. The first kappa shape index (κ1) is 23.4. The van der Waals surface area contributed by atoms with Crippen molar-refractivity contribution in [1.82, 2.24) is 0 Å². The van der Waals surface area contributed by atoms with E-state index in [4.69, 9.17) is 13.9 Å². The summed E-state index contributed by atoms with van der Waals surface area (Å²) in [5.74, 6) is -2.93. The van der Waals surface area contributed by atoms with Crippen LogP contribution in [0.4, 0.5) is 5.69 Å². The summed E-state index contributed by atoms with van der Waals surface area (Å²) < 4.78 is 15.3. The second-order valence-corrected chi connectivity index (χ2v) is 7.90. The summed E-state index contributed by atoms with van der Waals surface area (Å²) in [4.78, 5) is 64.0. The number of imide groups is 1. The molecule has 0 N–H and O–H groups in total. The Bertz CT molecular complexity index is 1500. The summed E-state index contributed by atoms with van der Waals surface area (Å²) in [7, 11) is 0. The fourth-order valence-electron chi connectivity index (χ4n) is 3.80. The van der Waals surface area contributed by atoms with Gasteiger partial charge in [-0.3, -0.25) is 14.4 Å². The Morgan fingerprint density at radius 2 is 1.38 bits per heavy atom. The number of esters is 2. The van der Waals surface area contributed by atoms with Crippen LogP contribution in [-0.2, 0) is 4.74 Å². The van der Waals surface area contributed by atoms with Crippen LogP contribution in [0.5, 0.6) is 5.75 Å². The van der Waals surface area contributed by atoms with Crippen molar-refractivity contribution in [3.05, 3.63) is 119 Å². The van der Waals surface area contributed by atoms with E-state index >= 15 is 0 Å². The second-order valence-electron chi connectivity index (χ2n) is 7.90. The van der Waals surface area contributed by atoms with Gasteiger partial charge in [-0.1, -0.05) is 24.3 Å². The van der Waals surface area contributed by atoms with E-state index in [-0.39, 0.29) is 39.5 Å². The highest BCUT2D eigenvalue weighted by Gasteiger charge is 2.38. The summed E-state index contributed by atoms with van der Waals surface area (Å²) in [6.07, 6.45) is 1.35. The zero-order chi connectivity index (χ0) is 25.9. The van der Waals surface area contributed by atoms with Gasteiger partial charge in [0.25, 0.3) is 11.8 Å². The second kappa shape index (κ2) is 9.74. The van der Waals surface area contributed by atoms with Crippen molar-refractivity contribution >= 4 is 35.2 Å². The number of ketones is 1. The Hall–Kier alpha value is -5.31. The number of carbonyl (C=O) groups is 5. The predicted octanol–water partition coefficient (Wildman–Crippen LogP) is 4.34. The van der Waals surface area contributed by atoms with E-state index in [1.54, 1.807) is 42.5 Å². The van der Waals surface area contributed by atoms with Crippen LogP contribution < -0.4 is 9.64 Å². The maximum absolute atomic E-state index is 12.9. The lowest BCUT2D eigenvalue weighted by molar-refractivity contribution is 0.0475. The number of para-hydroxylation sites is 1. The van der Waals surface area contributed by atoms with Crippen LogP contribution in [-0.4, -0.2) is 36.1 Å². The van der Waals surface area contributed by atoms with Gasteiger partial charge in [-0.2, -0.15) is 0 Å². The molecule has 0 saturated heterocycles. The number of fused-ring (bicyclic) bond motifs is 1. The quantitative estimate of drug-likeness (QED) is 0.161. The maximum atomic E-state index is 12.9. The van der Waals surface area contributed by atoms with Crippen molar-refractivity contribution in [2.45, 2.75) is 0 Å². The van der Waals surface area contributed by atoms with E-state index in [1.165, 1.54) is 48.7 Å². The number of Topliss-reactive ketones (excluding diaryl/α,β-unsaturated/α-hetero) is 1. The average Bonchev–Trinajstić information content (AvgIpc) is 3.55. The lowest BCUT2D eigenvalue weighted by Gasteiger charge is -2.17. The molecule has 0 saturated carbocycles. The molecule has 0 spiro atoms. The van der Waals surface area contributed by atoms with Gasteiger partial charge in [0.1, 0.15) is 5.75 Å². The third-order valence-electron chi connectivity index (χ3n) is 5.60. The molecule has 1 aromatic heterocycles. The van der Waals surface area contributed by atoms with Gasteiger partial charge < -0.3 is 13.9 Å². The van der Waals surface area contributed by atoms with Crippen LogP contribution in [0.15, 0.2) is 95.6 Å². The molecule has 1 aliphatic rings. The van der Waals surface area contributed by atoms with E-state index < -0.39 is 36.1 Å². The zero-order valence-corrected chi connectivity index (χ0v) is 19.1. The first-order valence-corrected chi connectivity index (χ1v) is 11.1. The molecule has 2 amide bonds. The van der Waals surface area contributed by atoms with Crippen molar-refractivity contribution in [3.8, 4) is 5.75 Å². The van der Waals surface area contributed by atoms with Gasteiger partial charge in [-0.05, 0) is 60.7 Å². The number of hydrogen-bond acceptors (Lipinski definition) is 8. The third kappa shape index (κ3) is 4.53. The maximum Gasteiger partial charge on any atom is 0.379 e. The standard InChI is InChI=1S/C28H17NO8/c30-23(17-11-13-18(14-12-17)37-28(34)24-10-5-15-35-24)16-36-27(33)21-8-3-4-9-22(21)29-25(31)19-6-1-2-7-20(19)26(29)32/h1-15H,16H2. The summed E-state index contributed by atoms with van der Waals surface area (Å²) in [5, 5.41) is 0. The minimum Gasteiger partial charge on any atom is -0.457 e. The van der Waals surface area contributed by atoms with Crippen LogP contribution in [0, 0.1) is 0 Å². The fraction of sp³-hybridized carbons (Fsp3) is 0.0357. The molecule has 9 heteroatoms. The van der Waals surface area contributed by atoms with Crippen molar-refractivity contribution < 1.29 is 37.9 Å². The molecule has 0 bridgehead atoms. The molecule has 3 aromatic carbocycles. The number of hydrogen-bond donors (Lipinski definition) is 0. The van der Waals surface area contributed by atoms with Gasteiger partial charge in [-0.15, -0.1) is 0 Å². The van der Waals surface area contributed by atoms with Gasteiger partial charge in [0, 0.05) is 5.56 Å². The number of nitrogens with zero attached hydrogens (tertiary/aromatic N) is 1. The van der Waals surface area contributed by atoms with E-state index in [1.807, 2.05) is 0 Å². The van der Waals surface area contributed by atoms with Crippen molar-refractivity contribution in [3.63, 3.8) is 0 Å². The Balaban J connectivity index is 1.25. The molecule has 0 atom stereocenters. The highest BCUT2D eigenvalue weighted by molar-refractivity contribution is 6.35. The number of rotatable bonds is 7. The molecule has 4 aromatic rings. The molecule has 5 rings (SSSR count). The molecule has 0 radical (unpaired) electrons. The average molecular weight is 495 g/mol. The Kier molecular flexibility index (Phi) is 6.17. The van der Waals surface area contributed by atoms with Gasteiger partial charge >= 0.3 is 11.9 Å². The highest BCUT2D eigenvalue weighted by atomic mass is 16.5. The van der Waals surface area contributed by atoms with Gasteiger partial charge in [0.2, 0.25) is 5.76 Å². The fourth-order valence-corrected chi connectivity index (χ4v) is 3.80. The largest absolute Gasteiger partial charge is 0.457 e. The van der Waals surface area contributed by atoms with Crippen LogP contribution in [0.3, 0.4) is 0 Å².